The van der Waals surface area contributed by atoms with Crippen LogP contribution in [0.15, 0.2) is 24.3 Å². The number of aromatic hydroxyl groups is 1. The molecule has 0 bridgehead atoms. The van der Waals surface area contributed by atoms with Gasteiger partial charge in [0.1, 0.15) is 17.5 Å². The lowest BCUT2D eigenvalue weighted by molar-refractivity contribution is -0.0533. The van der Waals surface area contributed by atoms with Gasteiger partial charge in [0, 0.05) is 18.6 Å². The van der Waals surface area contributed by atoms with E-state index in [4.69, 9.17) is 4.74 Å². The van der Waals surface area contributed by atoms with Crippen molar-refractivity contribution >= 4 is 12.2 Å². The topological polar surface area (TPSA) is 102 Å². The number of nitrogens with zero attached hydrogens (tertiary/aromatic N) is 2. The third-order valence-electron chi connectivity index (χ3n) is 4.44. The fourth-order valence-corrected chi connectivity index (χ4v) is 3.30. The average Bonchev–Trinajstić information content (AvgIpc) is 2.52. The Morgan fingerprint density at radius 2 is 1.64 bits per heavy atom. The van der Waals surface area contributed by atoms with Crippen molar-refractivity contribution in [3.8, 4) is 5.75 Å². The molecule has 1 aromatic carbocycles. The van der Waals surface area contributed by atoms with E-state index in [0.29, 0.717) is 6.54 Å². The highest BCUT2D eigenvalue weighted by Crippen LogP contribution is 2.35. The first-order valence-corrected chi connectivity index (χ1v) is 9.32. The van der Waals surface area contributed by atoms with E-state index in [1.807, 2.05) is 25.7 Å². The molecule has 2 atom stereocenters. The van der Waals surface area contributed by atoms with Gasteiger partial charge in [0.25, 0.3) is 0 Å². The molecule has 1 heterocycles. The van der Waals surface area contributed by atoms with Gasteiger partial charge in [-0.1, -0.05) is 12.1 Å². The molecule has 1 aliphatic rings. The molecule has 0 radical (unpaired) electrons. The van der Waals surface area contributed by atoms with Crippen LogP contribution in [0.3, 0.4) is 0 Å². The number of phenolic OH excluding ortho intramolecular Hbond substituents is 1. The number of benzene rings is 1. The van der Waals surface area contributed by atoms with Gasteiger partial charge in [-0.15, -0.1) is 0 Å². The van der Waals surface area contributed by atoms with Crippen molar-refractivity contribution in [3.05, 3.63) is 29.8 Å². The van der Waals surface area contributed by atoms with Crippen LogP contribution in [0.25, 0.3) is 0 Å². The highest BCUT2D eigenvalue weighted by molar-refractivity contribution is 5.69. The van der Waals surface area contributed by atoms with Crippen LogP contribution in [-0.4, -0.2) is 62.5 Å². The zero-order valence-corrected chi connectivity index (χ0v) is 17.4. The molecule has 2 rings (SSSR count). The molecular formula is C20H31N3O5. The SMILES string of the molecule is CC(C)(C)OC(=O)NC1CN(C(=O)O)C(c2ccc(O)cc2)N(C(C)(C)C)C1. The molecule has 28 heavy (non-hydrogen) atoms. The lowest BCUT2D eigenvalue weighted by atomic mass is 9.97. The van der Waals surface area contributed by atoms with Crippen molar-refractivity contribution in [1.29, 1.82) is 0 Å². The van der Waals surface area contributed by atoms with Crippen LogP contribution in [0.2, 0.25) is 0 Å². The molecule has 0 aliphatic carbocycles. The summed E-state index contributed by atoms with van der Waals surface area (Å²) in [6.45, 7) is 11.9. The molecule has 0 spiro atoms. The Hall–Kier alpha value is -2.48. The zero-order valence-electron chi connectivity index (χ0n) is 17.4. The van der Waals surface area contributed by atoms with Crippen LogP contribution in [0.5, 0.6) is 5.75 Å². The lowest BCUT2D eigenvalue weighted by Gasteiger charge is -2.51. The van der Waals surface area contributed by atoms with Crippen molar-refractivity contribution < 1.29 is 24.5 Å². The molecule has 1 aromatic rings. The summed E-state index contributed by atoms with van der Waals surface area (Å²) in [6.07, 6.45) is -2.18. The summed E-state index contributed by atoms with van der Waals surface area (Å²) in [5, 5.41) is 22.2. The standard InChI is InChI=1S/C20H31N3O5/c1-19(2,3)23-12-14(21-17(25)28-20(4,5)6)11-22(18(26)27)16(23)13-7-9-15(24)10-8-13/h7-10,14,16,24H,11-12H2,1-6H3,(H,21,25)(H,26,27). The van der Waals surface area contributed by atoms with Crippen LogP contribution in [-0.2, 0) is 4.74 Å². The number of hydrogen-bond acceptors (Lipinski definition) is 5. The molecule has 2 unspecified atom stereocenters. The molecule has 0 saturated carbocycles. The van der Waals surface area contributed by atoms with Crippen molar-refractivity contribution in [1.82, 2.24) is 15.1 Å². The van der Waals surface area contributed by atoms with E-state index in [9.17, 15) is 19.8 Å². The summed E-state index contributed by atoms with van der Waals surface area (Å²) in [5.74, 6) is 0.119. The van der Waals surface area contributed by atoms with Gasteiger partial charge < -0.3 is 20.3 Å². The molecule has 2 amide bonds. The lowest BCUT2D eigenvalue weighted by Crippen LogP contribution is -2.64. The van der Waals surface area contributed by atoms with Gasteiger partial charge in [-0.05, 0) is 59.2 Å². The minimum absolute atomic E-state index is 0.119. The Morgan fingerprint density at radius 1 is 1.07 bits per heavy atom. The average molecular weight is 393 g/mol. The maximum atomic E-state index is 12.2. The van der Waals surface area contributed by atoms with E-state index in [0.717, 1.165) is 5.56 Å². The largest absolute Gasteiger partial charge is 0.508 e. The summed E-state index contributed by atoms with van der Waals surface area (Å²) < 4.78 is 5.32. The Bertz CT molecular complexity index is 706. The second-order valence-electron chi connectivity index (χ2n) is 9.07. The Balaban J connectivity index is 2.33. The predicted octanol–water partition coefficient (Wildman–Crippen LogP) is 3.38. The Morgan fingerprint density at radius 3 is 2.11 bits per heavy atom. The molecule has 156 valence electrons. The Labute approximate surface area is 166 Å². The van der Waals surface area contributed by atoms with Gasteiger partial charge in [-0.3, -0.25) is 9.80 Å². The predicted molar refractivity (Wildman–Crippen MR) is 105 cm³/mol. The van der Waals surface area contributed by atoms with Crippen LogP contribution >= 0.6 is 0 Å². The van der Waals surface area contributed by atoms with E-state index in [1.54, 1.807) is 45.0 Å². The summed E-state index contributed by atoms with van der Waals surface area (Å²) in [4.78, 5) is 27.6. The highest BCUT2D eigenvalue weighted by atomic mass is 16.6. The monoisotopic (exact) mass is 393 g/mol. The maximum absolute atomic E-state index is 12.2. The number of rotatable bonds is 2. The molecule has 0 aromatic heterocycles. The van der Waals surface area contributed by atoms with Gasteiger partial charge >= 0.3 is 12.2 Å². The van der Waals surface area contributed by atoms with Crippen LogP contribution in [0.4, 0.5) is 9.59 Å². The summed E-state index contributed by atoms with van der Waals surface area (Å²) >= 11 is 0. The van der Waals surface area contributed by atoms with Gasteiger partial charge in [-0.25, -0.2) is 9.59 Å². The van der Waals surface area contributed by atoms with E-state index in [2.05, 4.69) is 5.32 Å². The number of carbonyl (C=O) groups is 2. The maximum Gasteiger partial charge on any atom is 0.408 e. The molecule has 1 fully saturated rings. The quantitative estimate of drug-likeness (QED) is 0.712. The van der Waals surface area contributed by atoms with Crippen molar-refractivity contribution in [3.63, 3.8) is 0 Å². The normalized spacial score (nSPS) is 21.3. The molecule has 1 saturated heterocycles. The second-order valence-corrected chi connectivity index (χ2v) is 9.07. The van der Waals surface area contributed by atoms with Crippen molar-refractivity contribution in [2.75, 3.05) is 13.1 Å². The van der Waals surface area contributed by atoms with E-state index < -0.39 is 30.0 Å². The molecule has 1 aliphatic heterocycles. The zero-order chi connectivity index (χ0) is 21.3. The minimum Gasteiger partial charge on any atom is -0.508 e. The van der Waals surface area contributed by atoms with Crippen LogP contribution in [0, 0.1) is 0 Å². The van der Waals surface area contributed by atoms with Crippen LogP contribution < -0.4 is 5.32 Å². The Kier molecular flexibility index (Phi) is 6.13. The number of carbonyl (C=O) groups excluding carboxylic acids is 1. The summed E-state index contributed by atoms with van der Waals surface area (Å²) in [5.41, 5.74) is -0.250. The van der Waals surface area contributed by atoms with E-state index in [-0.39, 0.29) is 17.8 Å². The summed E-state index contributed by atoms with van der Waals surface area (Å²) in [7, 11) is 0. The first kappa shape index (κ1) is 21.8. The van der Waals surface area contributed by atoms with Crippen LogP contribution in [0.1, 0.15) is 53.3 Å². The highest BCUT2D eigenvalue weighted by Gasteiger charge is 2.43. The van der Waals surface area contributed by atoms with E-state index >= 15 is 0 Å². The van der Waals surface area contributed by atoms with Gasteiger partial charge in [0.2, 0.25) is 0 Å². The number of phenols is 1. The number of nitrogens with one attached hydrogen (secondary N) is 1. The third-order valence-corrected chi connectivity index (χ3v) is 4.44. The fraction of sp³-hybridized carbons (Fsp3) is 0.600. The van der Waals surface area contributed by atoms with Gasteiger partial charge in [-0.2, -0.15) is 0 Å². The first-order valence-electron chi connectivity index (χ1n) is 9.32. The fourth-order valence-electron chi connectivity index (χ4n) is 3.30. The summed E-state index contributed by atoms with van der Waals surface area (Å²) in [6, 6.07) is 6.10. The molecular weight excluding hydrogens is 362 g/mol. The second kappa shape index (κ2) is 7.87. The van der Waals surface area contributed by atoms with Gasteiger partial charge in [0.15, 0.2) is 0 Å². The smallest absolute Gasteiger partial charge is 0.408 e. The molecule has 8 heteroatoms. The third kappa shape index (κ3) is 5.51. The number of amides is 2. The van der Waals surface area contributed by atoms with E-state index in [1.165, 1.54) is 4.90 Å². The van der Waals surface area contributed by atoms with Crippen molar-refractivity contribution in [2.24, 2.45) is 0 Å². The molecule has 3 N–H and O–H groups in total. The van der Waals surface area contributed by atoms with Gasteiger partial charge in [0.05, 0.1) is 6.04 Å². The number of carboxylic acid groups (broad SMARTS) is 1. The number of hydrogen-bond donors (Lipinski definition) is 3. The number of ether oxygens (including phenoxy) is 1. The molecule has 8 nitrogen and oxygen atoms in total. The first-order chi connectivity index (χ1) is 12.8. The minimum atomic E-state index is -1.08. The van der Waals surface area contributed by atoms with Crippen molar-refractivity contribution in [2.45, 2.75) is 64.9 Å². The number of alkyl carbamates (subject to hydrolysis) is 1.